The minimum absolute atomic E-state index is 0.0921. The van der Waals surface area contributed by atoms with Crippen molar-refractivity contribution in [2.24, 2.45) is 11.8 Å². The Balaban J connectivity index is 2.75. The highest BCUT2D eigenvalue weighted by molar-refractivity contribution is 7.80. The first-order valence-electron chi connectivity index (χ1n) is 7.82. The van der Waals surface area contributed by atoms with Crippen LogP contribution in [0.4, 0.5) is 11.4 Å². The molecule has 6 nitrogen and oxygen atoms in total. The van der Waals surface area contributed by atoms with Crippen molar-refractivity contribution in [3.8, 4) is 5.75 Å². The minimum atomic E-state index is -0.129. The van der Waals surface area contributed by atoms with Gasteiger partial charge in [0.15, 0.2) is 5.11 Å². The van der Waals surface area contributed by atoms with E-state index >= 15 is 0 Å². The molecule has 0 atom stereocenters. The number of anilines is 2. The maximum atomic E-state index is 11.8. The molecule has 3 N–H and O–H groups in total. The number of ether oxygens (including phenoxy) is 1. The van der Waals surface area contributed by atoms with Crippen LogP contribution in [0.15, 0.2) is 18.2 Å². The van der Waals surface area contributed by atoms with E-state index in [2.05, 4.69) is 16.0 Å². The summed E-state index contributed by atoms with van der Waals surface area (Å²) in [4.78, 5) is 23.5. The molecule has 0 heterocycles. The van der Waals surface area contributed by atoms with E-state index < -0.39 is 0 Å². The van der Waals surface area contributed by atoms with E-state index in [4.69, 9.17) is 17.0 Å². The fourth-order valence-corrected chi connectivity index (χ4v) is 2.09. The van der Waals surface area contributed by atoms with E-state index in [1.165, 1.54) is 7.11 Å². The Bertz CT molecular complexity index is 615. The zero-order valence-corrected chi connectivity index (χ0v) is 15.5. The topological polar surface area (TPSA) is 79.5 Å². The van der Waals surface area contributed by atoms with Crippen LogP contribution in [0, 0.1) is 11.8 Å². The van der Waals surface area contributed by atoms with Gasteiger partial charge in [-0.15, -0.1) is 0 Å². The highest BCUT2D eigenvalue weighted by Crippen LogP contribution is 2.28. The van der Waals surface area contributed by atoms with Crippen LogP contribution >= 0.6 is 12.2 Å². The average Bonchev–Trinajstić information content (AvgIpc) is 2.47. The maximum absolute atomic E-state index is 11.8. The van der Waals surface area contributed by atoms with Gasteiger partial charge in [0, 0.05) is 24.1 Å². The predicted octanol–water partition coefficient (Wildman–Crippen LogP) is 3.15. The fourth-order valence-electron chi connectivity index (χ4n) is 1.86. The van der Waals surface area contributed by atoms with Gasteiger partial charge in [0.1, 0.15) is 5.75 Å². The normalized spacial score (nSPS) is 10.5. The van der Waals surface area contributed by atoms with Crippen LogP contribution in [0.25, 0.3) is 0 Å². The highest BCUT2D eigenvalue weighted by Gasteiger charge is 2.12. The first-order chi connectivity index (χ1) is 11.2. The number of carbonyl (C=O) groups excluding carboxylic acids is 2. The van der Waals surface area contributed by atoms with E-state index in [0.717, 1.165) is 0 Å². The van der Waals surface area contributed by atoms with Gasteiger partial charge >= 0.3 is 0 Å². The Morgan fingerprint density at radius 2 is 1.83 bits per heavy atom. The monoisotopic (exact) mass is 351 g/mol. The Kier molecular flexibility index (Phi) is 7.64. The van der Waals surface area contributed by atoms with Crippen LogP contribution in [0.2, 0.25) is 0 Å². The molecule has 0 fully saturated rings. The summed E-state index contributed by atoms with van der Waals surface area (Å²) >= 11 is 5.13. The molecule has 0 aliphatic heterocycles. The van der Waals surface area contributed by atoms with Crippen molar-refractivity contribution in [3.05, 3.63) is 18.2 Å². The van der Waals surface area contributed by atoms with Gasteiger partial charge in [0.05, 0.1) is 12.8 Å². The second-order valence-electron chi connectivity index (χ2n) is 6.16. The first-order valence-corrected chi connectivity index (χ1v) is 8.23. The number of nitrogens with one attached hydrogen (secondary N) is 3. The van der Waals surface area contributed by atoms with Crippen molar-refractivity contribution in [2.45, 2.75) is 34.1 Å². The number of amides is 2. The van der Waals surface area contributed by atoms with Gasteiger partial charge in [-0.3, -0.25) is 9.59 Å². The number of carbonyl (C=O) groups is 2. The van der Waals surface area contributed by atoms with Gasteiger partial charge < -0.3 is 20.7 Å². The number of hydrogen-bond acceptors (Lipinski definition) is 4. The van der Waals surface area contributed by atoms with Crippen LogP contribution in [-0.2, 0) is 9.59 Å². The molecule has 2 amide bonds. The Morgan fingerprint density at radius 3 is 2.38 bits per heavy atom. The molecule has 0 unspecified atom stereocenters. The summed E-state index contributed by atoms with van der Waals surface area (Å²) < 4.78 is 5.30. The number of hydrogen-bond donors (Lipinski definition) is 3. The van der Waals surface area contributed by atoms with Crippen LogP contribution < -0.4 is 20.7 Å². The van der Waals surface area contributed by atoms with Crippen molar-refractivity contribution in [1.29, 1.82) is 0 Å². The molecule has 132 valence electrons. The maximum Gasteiger partial charge on any atom is 0.227 e. The van der Waals surface area contributed by atoms with Gasteiger partial charge in [-0.25, -0.2) is 0 Å². The van der Waals surface area contributed by atoms with E-state index in [0.29, 0.717) is 23.5 Å². The molecular formula is C17H25N3O3S. The molecule has 7 heteroatoms. The molecule has 0 aliphatic carbocycles. The quantitative estimate of drug-likeness (QED) is 0.686. The van der Waals surface area contributed by atoms with Gasteiger partial charge in [0.25, 0.3) is 0 Å². The third-order valence-electron chi connectivity index (χ3n) is 3.09. The molecule has 1 aromatic carbocycles. The smallest absolute Gasteiger partial charge is 0.227 e. The number of methoxy groups -OCH3 is 1. The third kappa shape index (κ3) is 6.54. The second kappa shape index (κ2) is 9.22. The number of thiocarbonyl (C=S) groups is 1. The lowest BCUT2D eigenvalue weighted by atomic mass is 10.1. The Hall–Kier alpha value is -2.15. The van der Waals surface area contributed by atoms with Crippen LogP contribution in [0.5, 0.6) is 5.75 Å². The van der Waals surface area contributed by atoms with Gasteiger partial charge in [-0.2, -0.15) is 0 Å². The van der Waals surface area contributed by atoms with Crippen LogP contribution in [-0.4, -0.2) is 24.0 Å². The third-order valence-corrected chi connectivity index (χ3v) is 3.29. The summed E-state index contributed by atoms with van der Waals surface area (Å²) in [5, 5.41) is 8.59. The van der Waals surface area contributed by atoms with Gasteiger partial charge in [-0.05, 0) is 30.3 Å². The highest BCUT2D eigenvalue weighted by atomic mass is 32.1. The van der Waals surface area contributed by atoms with Crippen LogP contribution in [0.1, 0.15) is 34.1 Å². The lowest BCUT2D eigenvalue weighted by Crippen LogP contribution is -2.34. The molecule has 0 spiro atoms. The predicted molar refractivity (Wildman–Crippen MR) is 100 cm³/mol. The van der Waals surface area contributed by atoms with E-state index in [9.17, 15) is 9.59 Å². The van der Waals surface area contributed by atoms with Gasteiger partial charge in [0.2, 0.25) is 11.8 Å². The molecule has 0 radical (unpaired) electrons. The van der Waals surface area contributed by atoms with Gasteiger partial charge in [-0.1, -0.05) is 27.7 Å². The van der Waals surface area contributed by atoms with Crippen LogP contribution in [0.3, 0.4) is 0 Å². The summed E-state index contributed by atoms with van der Waals surface area (Å²) in [6, 6.07) is 5.18. The van der Waals surface area contributed by atoms with Crippen molar-refractivity contribution >= 4 is 40.5 Å². The summed E-state index contributed by atoms with van der Waals surface area (Å²) in [6.45, 7) is 7.56. The lowest BCUT2D eigenvalue weighted by Gasteiger charge is -2.15. The molecule has 24 heavy (non-hydrogen) atoms. The zero-order chi connectivity index (χ0) is 18.3. The fraction of sp³-hybridized carbons (Fsp3) is 0.471. The first kappa shape index (κ1) is 19.9. The summed E-state index contributed by atoms with van der Waals surface area (Å²) in [5.41, 5.74) is 1.24. The molecule has 0 aromatic heterocycles. The summed E-state index contributed by atoms with van der Waals surface area (Å²) in [6.07, 6.45) is 0.408. The van der Waals surface area contributed by atoms with Crippen molar-refractivity contribution in [3.63, 3.8) is 0 Å². The average molecular weight is 351 g/mol. The largest absolute Gasteiger partial charge is 0.494 e. The van der Waals surface area contributed by atoms with E-state index in [1.54, 1.807) is 18.2 Å². The van der Waals surface area contributed by atoms with Crippen molar-refractivity contribution in [1.82, 2.24) is 5.32 Å². The molecule has 0 bridgehead atoms. The number of rotatable bonds is 6. The van der Waals surface area contributed by atoms with E-state index in [-0.39, 0.29) is 28.8 Å². The molecule has 1 aromatic rings. The number of benzene rings is 1. The molecular weight excluding hydrogens is 326 g/mol. The Morgan fingerprint density at radius 1 is 1.17 bits per heavy atom. The van der Waals surface area contributed by atoms with Crippen molar-refractivity contribution < 1.29 is 14.3 Å². The van der Waals surface area contributed by atoms with E-state index in [1.807, 2.05) is 27.7 Å². The zero-order valence-electron chi connectivity index (χ0n) is 14.7. The standard InChI is InChI=1S/C17H25N3O3S/c1-10(2)8-15(21)20-17(24)18-12-6-7-13(14(9-12)23-5)19-16(22)11(3)4/h6-7,9-11H,8H2,1-5H3,(H,19,22)(H2,18,20,21,24). The molecule has 0 saturated carbocycles. The summed E-state index contributed by atoms with van der Waals surface area (Å²) in [5.74, 6) is 0.416. The summed E-state index contributed by atoms with van der Waals surface area (Å²) in [7, 11) is 1.52. The molecule has 1 rings (SSSR count). The SMILES string of the molecule is COc1cc(NC(=S)NC(=O)CC(C)C)ccc1NC(=O)C(C)C. The molecule has 0 aliphatic rings. The van der Waals surface area contributed by atoms with Crippen molar-refractivity contribution in [2.75, 3.05) is 17.7 Å². The molecule has 0 saturated heterocycles. The second-order valence-corrected chi connectivity index (χ2v) is 6.57. The lowest BCUT2D eigenvalue weighted by molar-refractivity contribution is -0.120. The minimum Gasteiger partial charge on any atom is -0.494 e. The Labute approximate surface area is 148 Å².